The van der Waals surface area contributed by atoms with Gasteiger partial charge in [0.15, 0.2) is 0 Å². The van der Waals surface area contributed by atoms with Gasteiger partial charge in [-0.3, -0.25) is 9.59 Å². The molecule has 0 aliphatic rings. The fourth-order valence-electron chi connectivity index (χ4n) is 3.22. The molecule has 2 amide bonds. The average molecular weight is 422 g/mol. The molecule has 0 bridgehead atoms. The van der Waals surface area contributed by atoms with E-state index in [-0.39, 0.29) is 36.3 Å². The van der Waals surface area contributed by atoms with Crippen LogP contribution in [0, 0.1) is 11.6 Å². The van der Waals surface area contributed by atoms with Crippen molar-refractivity contribution in [3.63, 3.8) is 0 Å². The van der Waals surface area contributed by atoms with E-state index in [1.165, 1.54) is 35.2 Å². The van der Waals surface area contributed by atoms with E-state index in [0.717, 1.165) is 5.56 Å². The van der Waals surface area contributed by atoms with Crippen LogP contribution in [-0.2, 0) is 17.8 Å². The molecule has 0 heterocycles. The Morgan fingerprint density at radius 2 is 1.58 bits per heavy atom. The average Bonchev–Trinajstić information content (AvgIpc) is 2.72. The SMILES string of the molecule is CC(C)NC(=O)Cc1cccc(N(Cc2ccc(F)cc2)C(=O)c2cccc(F)c2)c1. The summed E-state index contributed by atoms with van der Waals surface area (Å²) in [4.78, 5) is 26.9. The first-order chi connectivity index (χ1) is 14.8. The van der Waals surface area contributed by atoms with Crippen molar-refractivity contribution in [1.29, 1.82) is 0 Å². The summed E-state index contributed by atoms with van der Waals surface area (Å²) in [6, 6.07) is 18.5. The minimum atomic E-state index is -0.508. The van der Waals surface area contributed by atoms with Crippen LogP contribution in [0.15, 0.2) is 72.8 Å². The molecule has 3 aromatic rings. The molecule has 0 radical (unpaired) electrons. The molecule has 4 nitrogen and oxygen atoms in total. The van der Waals surface area contributed by atoms with E-state index in [1.807, 2.05) is 19.9 Å². The molecule has 3 aromatic carbocycles. The van der Waals surface area contributed by atoms with E-state index in [0.29, 0.717) is 11.3 Å². The van der Waals surface area contributed by atoms with Crippen LogP contribution in [-0.4, -0.2) is 17.9 Å². The van der Waals surface area contributed by atoms with Gasteiger partial charge in [-0.05, 0) is 67.4 Å². The van der Waals surface area contributed by atoms with Crippen molar-refractivity contribution in [3.8, 4) is 0 Å². The maximum Gasteiger partial charge on any atom is 0.258 e. The number of halogens is 2. The standard InChI is InChI=1S/C25H24F2N2O2/c1-17(2)28-24(30)14-19-5-3-8-23(13-19)29(16-18-9-11-21(26)12-10-18)25(31)20-6-4-7-22(27)15-20/h3-13,15,17H,14,16H2,1-2H3,(H,28,30). The zero-order chi connectivity index (χ0) is 22.4. The van der Waals surface area contributed by atoms with Gasteiger partial charge >= 0.3 is 0 Å². The number of benzene rings is 3. The maximum atomic E-state index is 13.7. The maximum absolute atomic E-state index is 13.7. The summed E-state index contributed by atoms with van der Waals surface area (Å²) in [7, 11) is 0. The molecule has 0 fully saturated rings. The summed E-state index contributed by atoms with van der Waals surface area (Å²) in [5.74, 6) is -1.39. The third-order valence-electron chi connectivity index (χ3n) is 4.61. The van der Waals surface area contributed by atoms with Gasteiger partial charge < -0.3 is 10.2 Å². The molecule has 0 aromatic heterocycles. The summed E-state index contributed by atoms with van der Waals surface area (Å²) in [6.07, 6.45) is 0.171. The van der Waals surface area contributed by atoms with Crippen molar-refractivity contribution >= 4 is 17.5 Å². The van der Waals surface area contributed by atoms with Gasteiger partial charge in [0.2, 0.25) is 5.91 Å². The van der Waals surface area contributed by atoms with E-state index in [4.69, 9.17) is 0 Å². The number of carbonyl (C=O) groups is 2. The van der Waals surface area contributed by atoms with E-state index < -0.39 is 11.7 Å². The van der Waals surface area contributed by atoms with Crippen LogP contribution in [0.1, 0.15) is 35.3 Å². The van der Waals surface area contributed by atoms with Crippen molar-refractivity contribution in [1.82, 2.24) is 5.32 Å². The molecule has 0 atom stereocenters. The number of nitrogens with zero attached hydrogens (tertiary/aromatic N) is 1. The second-order valence-corrected chi connectivity index (χ2v) is 7.60. The number of rotatable bonds is 7. The lowest BCUT2D eigenvalue weighted by atomic mass is 10.1. The highest BCUT2D eigenvalue weighted by Gasteiger charge is 2.19. The monoisotopic (exact) mass is 422 g/mol. The van der Waals surface area contributed by atoms with Crippen LogP contribution in [0.2, 0.25) is 0 Å². The first kappa shape index (κ1) is 22.2. The van der Waals surface area contributed by atoms with E-state index in [1.54, 1.807) is 36.4 Å². The Balaban J connectivity index is 1.93. The molecule has 0 saturated heterocycles. The molecular formula is C25H24F2N2O2. The van der Waals surface area contributed by atoms with Gasteiger partial charge in [-0.25, -0.2) is 8.78 Å². The predicted molar refractivity (Wildman–Crippen MR) is 117 cm³/mol. The molecule has 0 unspecified atom stereocenters. The Morgan fingerprint density at radius 1 is 0.871 bits per heavy atom. The van der Waals surface area contributed by atoms with Gasteiger partial charge in [-0.2, -0.15) is 0 Å². The van der Waals surface area contributed by atoms with Crippen molar-refractivity contribution in [3.05, 3.63) is 101 Å². The molecule has 1 N–H and O–H groups in total. The summed E-state index contributed by atoms with van der Waals surface area (Å²) >= 11 is 0. The number of nitrogens with one attached hydrogen (secondary N) is 1. The van der Waals surface area contributed by atoms with Crippen LogP contribution in [0.4, 0.5) is 14.5 Å². The largest absolute Gasteiger partial charge is 0.354 e. The molecule has 0 saturated carbocycles. The molecule has 0 aliphatic heterocycles. The summed E-state index contributed by atoms with van der Waals surface area (Å²) in [5, 5.41) is 2.84. The molecular weight excluding hydrogens is 398 g/mol. The first-order valence-corrected chi connectivity index (χ1v) is 10.0. The van der Waals surface area contributed by atoms with Gasteiger partial charge in [0.1, 0.15) is 11.6 Å². The molecule has 0 aliphatic carbocycles. The summed E-state index contributed by atoms with van der Waals surface area (Å²) in [5.41, 5.74) is 2.22. The zero-order valence-corrected chi connectivity index (χ0v) is 17.4. The van der Waals surface area contributed by atoms with Crippen LogP contribution < -0.4 is 10.2 Å². The van der Waals surface area contributed by atoms with Crippen LogP contribution in [0.25, 0.3) is 0 Å². The zero-order valence-electron chi connectivity index (χ0n) is 17.4. The third-order valence-corrected chi connectivity index (χ3v) is 4.61. The quantitative estimate of drug-likeness (QED) is 0.590. The normalized spacial score (nSPS) is 10.7. The van der Waals surface area contributed by atoms with Crippen molar-refractivity contribution in [2.24, 2.45) is 0 Å². The minimum Gasteiger partial charge on any atom is -0.354 e. The molecule has 31 heavy (non-hydrogen) atoms. The van der Waals surface area contributed by atoms with Crippen molar-refractivity contribution in [2.75, 3.05) is 4.90 Å². The third kappa shape index (κ3) is 6.22. The number of amides is 2. The number of anilines is 1. The Hall–Kier alpha value is -3.54. The van der Waals surface area contributed by atoms with Gasteiger partial charge in [-0.1, -0.05) is 30.3 Å². The lowest BCUT2D eigenvalue weighted by molar-refractivity contribution is -0.120. The Bertz CT molecular complexity index is 1070. The van der Waals surface area contributed by atoms with Crippen LogP contribution >= 0.6 is 0 Å². The lowest BCUT2D eigenvalue weighted by Gasteiger charge is -2.24. The van der Waals surface area contributed by atoms with Crippen LogP contribution in [0.5, 0.6) is 0 Å². The van der Waals surface area contributed by atoms with Gasteiger partial charge in [0.05, 0.1) is 13.0 Å². The highest BCUT2D eigenvalue weighted by Crippen LogP contribution is 2.23. The Kier molecular flexibility index (Phi) is 7.13. The summed E-state index contributed by atoms with van der Waals surface area (Å²) < 4.78 is 27.0. The molecule has 160 valence electrons. The van der Waals surface area contributed by atoms with E-state index in [9.17, 15) is 18.4 Å². The van der Waals surface area contributed by atoms with Crippen molar-refractivity contribution < 1.29 is 18.4 Å². The first-order valence-electron chi connectivity index (χ1n) is 10.0. The minimum absolute atomic E-state index is 0.0280. The number of hydrogen-bond donors (Lipinski definition) is 1. The van der Waals surface area contributed by atoms with Crippen molar-refractivity contribution in [2.45, 2.75) is 32.9 Å². The predicted octanol–water partition coefficient (Wildman–Crippen LogP) is 4.88. The van der Waals surface area contributed by atoms with Gasteiger partial charge in [0, 0.05) is 17.3 Å². The smallest absolute Gasteiger partial charge is 0.258 e. The number of hydrogen-bond acceptors (Lipinski definition) is 2. The highest BCUT2D eigenvalue weighted by molar-refractivity contribution is 6.06. The van der Waals surface area contributed by atoms with E-state index >= 15 is 0 Å². The molecule has 3 rings (SSSR count). The summed E-state index contributed by atoms with van der Waals surface area (Å²) in [6.45, 7) is 3.93. The molecule has 0 spiro atoms. The Morgan fingerprint density at radius 3 is 2.26 bits per heavy atom. The highest BCUT2D eigenvalue weighted by atomic mass is 19.1. The second-order valence-electron chi connectivity index (χ2n) is 7.60. The lowest BCUT2D eigenvalue weighted by Crippen LogP contribution is -2.32. The molecule has 6 heteroatoms. The fraction of sp³-hybridized carbons (Fsp3) is 0.200. The van der Waals surface area contributed by atoms with E-state index in [2.05, 4.69) is 5.32 Å². The second kappa shape index (κ2) is 9.98. The van der Waals surface area contributed by atoms with Crippen LogP contribution in [0.3, 0.4) is 0 Å². The topological polar surface area (TPSA) is 49.4 Å². The Labute approximate surface area is 180 Å². The number of carbonyl (C=O) groups excluding carboxylic acids is 2. The fourth-order valence-corrected chi connectivity index (χ4v) is 3.22. The van der Waals surface area contributed by atoms with Gasteiger partial charge in [0.25, 0.3) is 5.91 Å². The van der Waals surface area contributed by atoms with Gasteiger partial charge in [-0.15, -0.1) is 0 Å².